The molecule has 0 N–H and O–H groups in total. The molecular weight excluding hydrogens is 348 g/mol. The van der Waals surface area contributed by atoms with Crippen LogP contribution in [0.3, 0.4) is 0 Å². The Balaban J connectivity index is 1.43. The number of nitrogens with zero attached hydrogens (tertiary/aromatic N) is 2. The summed E-state index contributed by atoms with van der Waals surface area (Å²) in [6.07, 6.45) is 12.8. The number of hydrogen-bond acceptors (Lipinski definition) is 3. The van der Waals surface area contributed by atoms with Gasteiger partial charge < -0.3 is 14.5 Å². The topological polar surface area (TPSA) is 32.8 Å². The Kier molecular flexibility index (Phi) is 5.77. The first-order valence-electron chi connectivity index (χ1n) is 10.9. The molecule has 0 radical (unpaired) electrons. The Labute approximate surface area is 169 Å². The second kappa shape index (κ2) is 8.28. The molecule has 1 aromatic carbocycles. The van der Waals surface area contributed by atoms with E-state index < -0.39 is 0 Å². The van der Waals surface area contributed by atoms with Crippen molar-refractivity contribution in [3.8, 4) is 5.75 Å². The van der Waals surface area contributed by atoms with Crippen LogP contribution in [0.2, 0.25) is 0 Å². The van der Waals surface area contributed by atoms with Gasteiger partial charge in [-0.05, 0) is 64.0 Å². The van der Waals surface area contributed by atoms with Gasteiger partial charge in [-0.1, -0.05) is 30.4 Å². The van der Waals surface area contributed by atoms with Crippen molar-refractivity contribution in [3.63, 3.8) is 0 Å². The average molecular weight is 383 g/mol. The van der Waals surface area contributed by atoms with Crippen LogP contribution < -0.4 is 4.74 Å². The molecule has 2 aliphatic carbocycles. The van der Waals surface area contributed by atoms with Crippen LogP contribution in [-0.2, 0) is 11.3 Å². The Bertz CT molecular complexity index is 721. The molecule has 0 saturated heterocycles. The highest BCUT2D eigenvalue weighted by Crippen LogP contribution is 2.39. The maximum absolute atomic E-state index is 12.2. The Morgan fingerprint density at radius 2 is 2.00 bits per heavy atom. The number of allylic oxidation sites excluding steroid dienone is 2. The fraction of sp³-hybridized carbons (Fsp3) is 0.625. The van der Waals surface area contributed by atoms with Crippen molar-refractivity contribution in [2.45, 2.75) is 70.1 Å². The molecule has 4 heteroatoms. The molecule has 28 heavy (non-hydrogen) atoms. The van der Waals surface area contributed by atoms with Gasteiger partial charge >= 0.3 is 0 Å². The van der Waals surface area contributed by atoms with Crippen LogP contribution in [0.15, 0.2) is 36.4 Å². The van der Waals surface area contributed by atoms with Crippen molar-refractivity contribution in [3.05, 3.63) is 42.0 Å². The summed E-state index contributed by atoms with van der Waals surface area (Å²) in [7, 11) is 2.30. The lowest BCUT2D eigenvalue weighted by Crippen LogP contribution is -2.52. The van der Waals surface area contributed by atoms with Crippen molar-refractivity contribution in [1.29, 1.82) is 0 Å². The summed E-state index contributed by atoms with van der Waals surface area (Å²) in [5.41, 5.74) is 0.891. The fourth-order valence-electron chi connectivity index (χ4n) is 5.24. The van der Waals surface area contributed by atoms with E-state index in [9.17, 15) is 4.79 Å². The van der Waals surface area contributed by atoms with E-state index in [1.165, 1.54) is 25.8 Å². The largest absolute Gasteiger partial charge is 0.485 e. The minimum atomic E-state index is -0.233. The summed E-state index contributed by atoms with van der Waals surface area (Å²) in [5.74, 6) is 1.91. The molecule has 152 valence electrons. The van der Waals surface area contributed by atoms with Crippen LogP contribution in [0.5, 0.6) is 5.75 Å². The Morgan fingerprint density at radius 3 is 2.71 bits per heavy atom. The molecule has 3 aliphatic rings. The summed E-state index contributed by atoms with van der Waals surface area (Å²) in [4.78, 5) is 16.8. The maximum atomic E-state index is 12.2. The number of amides is 1. The Morgan fingerprint density at radius 1 is 1.21 bits per heavy atom. The van der Waals surface area contributed by atoms with Gasteiger partial charge in [0.25, 0.3) is 0 Å². The molecule has 0 bridgehead atoms. The van der Waals surface area contributed by atoms with Crippen LogP contribution in [0.4, 0.5) is 0 Å². The molecule has 1 fully saturated rings. The third-order valence-electron chi connectivity index (χ3n) is 7.00. The highest BCUT2D eigenvalue weighted by Gasteiger charge is 2.42. The molecule has 1 aromatic rings. The molecule has 0 aromatic heterocycles. The zero-order valence-corrected chi connectivity index (χ0v) is 17.4. The molecule has 1 unspecified atom stereocenters. The second-order valence-corrected chi connectivity index (χ2v) is 9.09. The molecule has 1 spiro atoms. The van der Waals surface area contributed by atoms with Gasteiger partial charge in [0.05, 0.1) is 6.54 Å². The predicted molar refractivity (Wildman–Crippen MR) is 112 cm³/mol. The molecule has 1 aliphatic heterocycles. The van der Waals surface area contributed by atoms with E-state index in [0.717, 1.165) is 42.9 Å². The minimum absolute atomic E-state index is 0.143. The average Bonchev–Trinajstić information content (AvgIpc) is 2.86. The number of rotatable bonds is 3. The van der Waals surface area contributed by atoms with Crippen LogP contribution in [0.25, 0.3) is 0 Å². The lowest BCUT2D eigenvalue weighted by atomic mass is 9.80. The van der Waals surface area contributed by atoms with Gasteiger partial charge in [0, 0.05) is 31.6 Å². The van der Waals surface area contributed by atoms with E-state index in [2.05, 4.69) is 36.2 Å². The van der Waals surface area contributed by atoms with Crippen molar-refractivity contribution in [2.24, 2.45) is 5.92 Å². The number of ether oxygens (including phenoxy) is 1. The van der Waals surface area contributed by atoms with Crippen molar-refractivity contribution in [2.75, 3.05) is 20.1 Å². The van der Waals surface area contributed by atoms with Crippen LogP contribution in [0, 0.1) is 5.92 Å². The van der Waals surface area contributed by atoms with Gasteiger partial charge in [-0.2, -0.15) is 0 Å². The minimum Gasteiger partial charge on any atom is -0.485 e. The number of hydrogen-bond donors (Lipinski definition) is 0. The van der Waals surface area contributed by atoms with Gasteiger partial charge in [0.1, 0.15) is 11.4 Å². The zero-order chi connectivity index (χ0) is 19.6. The van der Waals surface area contributed by atoms with Gasteiger partial charge in [-0.25, -0.2) is 0 Å². The highest BCUT2D eigenvalue weighted by molar-refractivity contribution is 5.73. The monoisotopic (exact) mass is 382 g/mol. The van der Waals surface area contributed by atoms with Crippen LogP contribution >= 0.6 is 0 Å². The standard InChI is InChI=1S/C24H34N2O2/c1-19(27)26-17-21-10-6-7-11-23(21)28-24(18-26)14-12-22(13-15-24)25(2)16-20-8-4-3-5-9-20/h3-4,6-7,10-11,20,22H,5,8-9,12-18H2,1-2H3. The van der Waals surface area contributed by atoms with Crippen molar-refractivity contribution < 1.29 is 9.53 Å². The smallest absolute Gasteiger partial charge is 0.219 e. The summed E-state index contributed by atoms with van der Waals surface area (Å²) in [6.45, 7) is 4.25. The first kappa shape index (κ1) is 19.5. The lowest BCUT2D eigenvalue weighted by Gasteiger charge is -2.44. The molecule has 1 amide bonds. The Hall–Kier alpha value is -1.81. The normalized spacial score (nSPS) is 30.0. The van der Waals surface area contributed by atoms with E-state index in [0.29, 0.717) is 19.1 Å². The van der Waals surface area contributed by atoms with Crippen molar-refractivity contribution in [1.82, 2.24) is 9.80 Å². The second-order valence-electron chi connectivity index (χ2n) is 9.09. The van der Waals surface area contributed by atoms with Gasteiger partial charge in [-0.3, -0.25) is 4.79 Å². The van der Waals surface area contributed by atoms with E-state index in [4.69, 9.17) is 4.74 Å². The van der Waals surface area contributed by atoms with E-state index in [1.54, 1.807) is 6.92 Å². The van der Waals surface area contributed by atoms with Gasteiger partial charge in [0.15, 0.2) is 0 Å². The summed E-state index contributed by atoms with van der Waals surface area (Å²) >= 11 is 0. The third kappa shape index (κ3) is 4.27. The SMILES string of the molecule is CC(=O)N1Cc2ccccc2OC2(CCC(N(C)CC3CC=CCC3)CC2)C1. The highest BCUT2D eigenvalue weighted by atomic mass is 16.5. The molecule has 4 rings (SSSR count). The van der Waals surface area contributed by atoms with E-state index in [1.807, 2.05) is 17.0 Å². The molecular formula is C24H34N2O2. The molecule has 1 atom stereocenters. The van der Waals surface area contributed by atoms with Crippen molar-refractivity contribution >= 4 is 5.91 Å². The van der Waals surface area contributed by atoms with E-state index >= 15 is 0 Å². The van der Waals surface area contributed by atoms with Crippen LogP contribution in [-0.4, -0.2) is 47.5 Å². The number of carbonyl (C=O) groups is 1. The summed E-state index contributed by atoms with van der Waals surface area (Å²) < 4.78 is 6.62. The zero-order valence-electron chi connectivity index (χ0n) is 17.4. The quantitative estimate of drug-likeness (QED) is 0.727. The maximum Gasteiger partial charge on any atom is 0.219 e. The lowest BCUT2D eigenvalue weighted by molar-refractivity contribution is -0.132. The van der Waals surface area contributed by atoms with Gasteiger partial charge in [-0.15, -0.1) is 0 Å². The van der Waals surface area contributed by atoms with Crippen LogP contribution in [0.1, 0.15) is 57.4 Å². The predicted octanol–water partition coefficient (Wildman–Crippen LogP) is 4.40. The summed E-state index contributed by atoms with van der Waals surface area (Å²) in [5, 5.41) is 0. The molecule has 4 nitrogen and oxygen atoms in total. The number of carbonyl (C=O) groups excluding carboxylic acids is 1. The number of benzene rings is 1. The first-order valence-corrected chi connectivity index (χ1v) is 10.9. The fourth-order valence-corrected chi connectivity index (χ4v) is 5.24. The first-order chi connectivity index (χ1) is 13.5. The third-order valence-corrected chi connectivity index (χ3v) is 7.00. The number of para-hydroxylation sites is 1. The van der Waals surface area contributed by atoms with E-state index in [-0.39, 0.29) is 11.5 Å². The number of fused-ring (bicyclic) bond motifs is 1. The molecule has 1 saturated carbocycles. The molecule has 1 heterocycles. The summed E-state index contributed by atoms with van der Waals surface area (Å²) in [6, 6.07) is 8.85. The van der Waals surface area contributed by atoms with Gasteiger partial charge in [0.2, 0.25) is 5.91 Å².